The fourth-order valence-corrected chi connectivity index (χ4v) is 3.21. The number of carbonyl (C=O) groups excluding carboxylic acids is 1. The second-order valence-corrected chi connectivity index (χ2v) is 7.17. The van der Waals surface area contributed by atoms with Gasteiger partial charge in [0.05, 0.1) is 11.5 Å². The lowest BCUT2D eigenvalue weighted by atomic mass is 10.1. The van der Waals surface area contributed by atoms with Crippen LogP contribution in [0.5, 0.6) is 0 Å². The van der Waals surface area contributed by atoms with Gasteiger partial charge in [-0.25, -0.2) is 9.67 Å². The number of furan rings is 1. The molecule has 2 heterocycles. The van der Waals surface area contributed by atoms with Gasteiger partial charge in [0.2, 0.25) is 0 Å². The van der Waals surface area contributed by atoms with Gasteiger partial charge in [-0.3, -0.25) is 14.9 Å². The second-order valence-electron chi connectivity index (χ2n) is 6.73. The van der Waals surface area contributed by atoms with Crippen molar-refractivity contribution < 1.29 is 14.1 Å². The van der Waals surface area contributed by atoms with Crippen molar-refractivity contribution in [3.63, 3.8) is 0 Å². The zero-order chi connectivity index (χ0) is 22.0. The van der Waals surface area contributed by atoms with Crippen LogP contribution in [0.15, 0.2) is 71.7 Å². The van der Waals surface area contributed by atoms with Crippen molar-refractivity contribution in [2.24, 2.45) is 0 Å². The molecule has 0 bridgehead atoms. The average Bonchev–Trinajstić information content (AvgIpc) is 3.45. The Bertz CT molecular complexity index is 1240. The highest BCUT2D eigenvalue weighted by Crippen LogP contribution is 2.26. The molecule has 0 atom stereocenters. The van der Waals surface area contributed by atoms with Crippen LogP contribution < -0.4 is 0 Å². The number of hydrogen-bond acceptors (Lipinski definition) is 6. The normalized spacial score (nSPS) is 10.8. The Morgan fingerprint density at radius 1 is 1.19 bits per heavy atom. The van der Waals surface area contributed by atoms with Gasteiger partial charge in [0.25, 0.3) is 11.6 Å². The van der Waals surface area contributed by atoms with Crippen molar-refractivity contribution in [1.82, 2.24) is 19.7 Å². The first-order valence-electron chi connectivity index (χ1n) is 9.16. The van der Waals surface area contributed by atoms with Gasteiger partial charge in [-0.2, -0.15) is 5.10 Å². The molecule has 0 N–H and O–H groups in total. The fraction of sp³-hybridized carbons (Fsp3) is 0.0952. The summed E-state index contributed by atoms with van der Waals surface area (Å²) in [5, 5.41) is 16.0. The molecule has 0 spiro atoms. The van der Waals surface area contributed by atoms with Crippen molar-refractivity contribution in [3.8, 4) is 17.0 Å². The van der Waals surface area contributed by atoms with Crippen LogP contribution in [0.4, 0.5) is 5.69 Å². The van der Waals surface area contributed by atoms with Crippen LogP contribution in [0.3, 0.4) is 0 Å². The number of carbonyl (C=O) groups is 1. The topological polar surface area (TPSA) is 107 Å². The number of nitro groups is 1. The summed E-state index contributed by atoms with van der Waals surface area (Å²) in [4.78, 5) is 29.0. The van der Waals surface area contributed by atoms with Gasteiger partial charge >= 0.3 is 0 Å². The number of nitro benzene ring substituents is 1. The summed E-state index contributed by atoms with van der Waals surface area (Å²) in [5.74, 6) is 0.854. The van der Waals surface area contributed by atoms with E-state index in [4.69, 9.17) is 16.0 Å². The molecule has 4 aromatic rings. The number of nitrogens with zero attached hydrogens (tertiary/aromatic N) is 5. The molecule has 0 fully saturated rings. The van der Waals surface area contributed by atoms with Crippen LogP contribution in [-0.4, -0.2) is 37.5 Å². The van der Waals surface area contributed by atoms with Crippen molar-refractivity contribution >= 4 is 23.2 Å². The third-order valence-corrected chi connectivity index (χ3v) is 4.87. The molecule has 31 heavy (non-hydrogen) atoms. The summed E-state index contributed by atoms with van der Waals surface area (Å²) < 4.78 is 7.11. The molecule has 0 radical (unpaired) electrons. The van der Waals surface area contributed by atoms with E-state index < -0.39 is 4.92 Å². The fourth-order valence-electron chi connectivity index (χ4n) is 3.09. The molecule has 9 nitrogen and oxygen atoms in total. The Morgan fingerprint density at radius 3 is 2.65 bits per heavy atom. The van der Waals surface area contributed by atoms with Gasteiger partial charge in [-0.05, 0) is 48.5 Å². The van der Waals surface area contributed by atoms with Crippen molar-refractivity contribution in [2.75, 3.05) is 7.05 Å². The first kappa shape index (κ1) is 20.3. The van der Waals surface area contributed by atoms with Gasteiger partial charge in [0.1, 0.15) is 29.9 Å². The van der Waals surface area contributed by atoms with E-state index >= 15 is 0 Å². The third kappa shape index (κ3) is 4.31. The van der Waals surface area contributed by atoms with Crippen molar-refractivity contribution in [3.05, 3.63) is 93.7 Å². The number of benzene rings is 2. The maximum Gasteiger partial charge on any atom is 0.295 e. The molecule has 2 aromatic heterocycles. The Hall–Kier alpha value is -3.98. The molecular weight excluding hydrogens is 422 g/mol. The Labute approximate surface area is 181 Å². The zero-order valence-corrected chi connectivity index (χ0v) is 17.1. The summed E-state index contributed by atoms with van der Waals surface area (Å²) in [6.07, 6.45) is 2.63. The van der Waals surface area contributed by atoms with Crippen LogP contribution in [-0.2, 0) is 6.54 Å². The summed E-state index contributed by atoms with van der Waals surface area (Å²) >= 11 is 5.91. The van der Waals surface area contributed by atoms with E-state index in [1.807, 2.05) is 18.2 Å². The Balaban J connectivity index is 1.53. The largest absolute Gasteiger partial charge is 0.459 e. The summed E-state index contributed by atoms with van der Waals surface area (Å²) in [5.41, 5.74) is 1.03. The molecule has 4 rings (SSSR count). The minimum atomic E-state index is -0.557. The predicted molar refractivity (Wildman–Crippen MR) is 113 cm³/mol. The van der Waals surface area contributed by atoms with Crippen molar-refractivity contribution in [1.29, 1.82) is 0 Å². The van der Waals surface area contributed by atoms with E-state index in [2.05, 4.69) is 10.1 Å². The number of hydrogen-bond donors (Lipinski definition) is 0. The van der Waals surface area contributed by atoms with Crippen LogP contribution in [0.2, 0.25) is 5.02 Å². The minimum absolute atomic E-state index is 0.183. The molecule has 10 heteroatoms. The van der Waals surface area contributed by atoms with Crippen molar-refractivity contribution in [2.45, 2.75) is 6.54 Å². The first-order chi connectivity index (χ1) is 14.9. The molecule has 0 unspecified atom stereocenters. The molecule has 0 saturated heterocycles. The van der Waals surface area contributed by atoms with Gasteiger partial charge in [0, 0.05) is 29.3 Å². The molecule has 0 saturated carbocycles. The highest BCUT2D eigenvalue weighted by Gasteiger charge is 2.21. The van der Waals surface area contributed by atoms with Gasteiger partial charge < -0.3 is 9.32 Å². The average molecular weight is 438 g/mol. The van der Waals surface area contributed by atoms with E-state index in [1.165, 1.54) is 40.4 Å². The first-order valence-corrected chi connectivity index (χ1v) is 9.54. The highest BCUT2D eigenvalue weighted by molar-refractivity contribution is 6.30. The minimum Gasteiger partial charge on any atom is -0.459 e. The summed E-state index contributed by atoms with van der Waals surface area (Å²) in [6.45, 7) is 0.199. The molecular formula is C21H16ClN5O4. The van der Waals surface area contributed by atoms with Crippen LogP contribution in [0, 0.1) is 10.1 Å². The highest BCUT2D eigenvalue weighted by atomic mass is 35.5. The molecule has 1 amide bonds. The van der Waals surface area contributed by atoms with Gasteiger partial charge in [-0.1, -0.05) is 11.6 Å². The van der Waals surface area contributed by atoms with E-state index in [0.29, 0.717) is 16.5 Å². The standard InChI is InChI=1S/C21H16ClN5O4/c1-25(11-17-7-9-20(31-17)14-2-5-16(22)6-3-14)21(28)15-4-8-18(19(10-15)27(29)30)26-13-23-12-24-26/h2-10,12-13H,11H2,1H3. The van der Waals surface area contributed by atoms with E-state index in [0.717, 1.165) is 5.56 Å². The number of halogens is 1. The predicted octanol–water partition coefficient (Wildman–Crippen LogP) is 4.36. The maximum atomic E-state index is 12.8. The van der Waals surface area contributed by atoms with Crippen LogP contribution >= 0.6 is 11.6 Å². The molecule has 2 aromatic carbocycles. The van der Waals surface area contributed by atoms with Crippen LogP contribution in [0.25, 0.3) is 17.0 Å². The lowest BCUT2D eigenvalue weighted by molar-refractivity contribution is -0.384. The Kier molecular flexibility index (Phi) is 5.50. The van der Waals surface area contributed by atoms with Gasteiger partial charge in [-0.15, -0.1) is 0 Å². The lowest BCUT2D eigenvalue weighted by Crippen LogP contribution is -2.26. The zero-order valence-electron chi connectivity index (χ0n) is 16.3. The molecule has 0 aliphatic carbocycles. The number of rotatable bonds is 6. The van der Waals surface area contributed by atoms with E-state index in [1.54, 1.807) is 25.2 Å². The smallest absolute Gasteiger partial charge is 0.295 e. The molecule has 0 aliphatic rings. The second kappa shape index (κ2) is 8.41. The van der Waals surface area contributed by atoms with Gasteiger partial charge in [0.15, 0.2) is 0 Å². The molecule has 156 valence electrons. The number of aromatic nitrogens is 3. The lowest BCUT2D eigenvalue weighted by Gasteiger charge is -2.16. The number of amides is 1. The quantitative estimate of drug-likeness (QED) is 0.327. The molecule has 0 aliphatic heterocycles. The van der Waals surface area contributed by atoms with Crippen LogP contribution in [0.1, 0.15) is 16.1 Å². The summed E-state index contributed by atoms with van der Waals surface area (Å²) in [7, 11) is 1.60. The maximum absolute atomic E-state index is 12.8. The summed E-state index contributed by atoms with van der Waals surface area (Å²) in [6, 6.07) is 15.0. The van der Waals surface area contributed by atoms with E-state index in [-0.39, 0.29) is 29.4 Å². The monoisotopic (exact) mass is 437 g/mol. The Morgan fingerprint density at radius 2 is 1.97 bits per heavy atom. The SMILES string of the molecule is CN(Cc1ccc(-c2ccc(Cl)cc2)o1)C(=O)c1ccc(-n2cncn2)c([N+](=O)[O-])c1. The third-order valence-electron chi connectivity index (χ3n) is 4.61. The van der Waals surface area contributed by atoms with E-state index in [9.17, 15) is 14.9 Å².